The van der Waals surface area contributed by atoms with Crippen LogP contribution in [0, 0.1) is 11.3 Å². The molecule has 0 saturated heterocycles. The van der Waals surface area contributed by atoms with Crippen LogP contribution in [0.1, 0.15) is 51.2 Å². The summed E-state index contributed by atoms with van der Waals surface area (Å²) in [6.45, 7) is -2.55. The molecule has 1 N–H and O–H groups in total. The summed E-state index contributed by atoms with van der Waals surface area (Å²) in [7, 11) is -3.44. The molecular formula is C29H26F5N3O5S. The molecule has 3 aromatic rings. The van der Waals surface area contributed by atoms with Gasteiger partial charge in [0.05, 0.1) is 41.4 Å². The molecule has 0 spiro atoms. The van der Waals surface area contributed by atoms with Gasteiger partial charge in [0.25, 0.3) is 11.8 Å². The summed E-state index contributed by atoms with van der Waals surface area (Å²) < 4.78 is 92.3. The van der Waals surface area contributed by atoms with Gasteiger partial charge in [0, 0.05) is 23.4 Å². The Balaban J connectivity index is 1.81. The van der Waals surface area contributed by atoms with E-state index in [0.717, 1.165) is 29.2 Å². The number of nitrogens with one attached hydrogen (secondary N) is 1. The normalized spacial score (nSPS) is 12.4. The van der Waals surface area contributed by atoms with Gasteiger partial charge in [-0.05, 0) is 66.2 Å². The molecule has 0 saturated carbocycles. The zero-order chi connectivity index (χ0) is 31.8. The largest absolute Gasteiger partial charge is 0.416 e. The SMILES string of the molecule is CCS(=O)(=O)c1ccc([C@H](CC#N)NC(=O)c2ccc(N(CCOC(F)F)C(=O)c3ccc(C(F)(F)F)cc3)cc2)cc1. The van der Waals surface area contributed by atoms with Crippen molar-refractivity contribution in [2.24, 2.45) is 0 Å². The third kappa shape index (κ3) is 8.82. The lowest BCUT2D eigenvalue weighted by Gasteiger charge is -2.23. The van der Waals surface area contributed by atoms with Gasteiger partial charge in [0.2, 0.25) is 0 Å². The molecule has 0 unspecified atom stereocenters. The third-order valence-electron chi connectivity index (χ3n) is 6.33. The van der Waals surface area contributed by atoms with E-state index in [1.54, 1.807) is 0 Å². The van der Waals surface area contributed by atoms with E-state index in [2.05, 4.69) is 10.1 Å². The number of nitriles is 1. The lowest BCUT2D eigenvalue weighted by molar-refractivity contribution is -0.137. The van der Waals surface area contributed by atoms with Gasteiger partial charge in [0.1, 0.15) is 0 Å². The Morgan fingerprint density at radius 3 is 2.05 bits per heavy atom. The molecule has 3 aromatic carbocycles. The van der Waals surface area contributed by atoms with Crippen molar-refractivity contribution in [3.8, 4) is 6.07 Å². The van der Waals surface area contributed by atoms with Crippen LogP contribution in [0.2, 0.25) is 0 Å². The van der Waals surface area contributed by atoms with Crippen molar-refractivity contribution in [2.75, 3.05) is 23.8 Å². The predicted octanol–water partition coefficient (Wildman–Crippen LogP) is 5.77. The molecule has 1 atom stereocenters. The second kappa shape index (κ2) is 14.2. The summed E-state index contributed by atoms with van der Waals surface area (Å²) >= 11 is 0. The van der Waals surface area contributed by atoms with Crippen LogP contribution in [0.4, 0.5) is 27.6 Å². The fourth-order valence-corrected chi connectivity index (χ4v) is 4.87. The van der Waals surface area contributed by atoms with Crippen molar-refractivity contribution in [3.05, 3.63) is 95.1 Å². The van der Waals surface area contributed by atoms with Crippen LogP contribution in [0.25, 0.3) is 0 Å². The maximum absolute atomic E-state index is 13.1. The number of ether oxygens (including phenoxy) is 1. The Labute approximate surface area is 244 Å². The highest BCUT2D eigenvalue weighted by Crippen LogP contribution is 2.30. The number of carbonyl (C=O) groups excluding carboxylic acids is 2. The van der Waals surface area contributed by atoms with Crippen molar-refractivity contribution in [1.82, 2.24) is 5.32 Å². The van der Waals surface area contributed by atoms with Crippen LogP contribution in [0.5, 0.6) is 0 Å². The van der Waals surface area contributed by atoms with E-state index in [4.69, 9.17) is 0 Å². The number of sulfone groups is 1. The maximum atomic E-state index is 13.1. The zero-order valence-corrected chi connectivity index (χ0v) is 23.5. The van der Waals surface area contributed by atoms with Gasteiger partial charge < -0.3 is 15.0 Å². The molecule has 0 aliphatic carbocycles. The van der Waals surface area contributed by atoms with E-state index in [1.165, 1.54) is 55.5 Å². The predicted molar refractivity (Wildman–Crippen MR) is 146 cm³/mol. The smallest absolute Gasteiger partial charge is 0.344 e. The number of hydrogen-bond acceptors (Lipinski definition) is 6. The van der Waals surface area contributed by atoms with Gasteiger partial charge in [-0.15, -0.1) is 0 Å². The van der Waals surface area contributed by atoms with E-state index in [-0.39, 0.29) is 40.4 Å². The number of carbonyl (C=O) groups is 2. The van der Waals surface area contributed by atoms with Crippen LogP contribution in [0.15, 0.2) is 77.7 Å². The molecular weight excluding hydrogens is 597 g/mol. The minimum atomic E-state index is -4.62. The number of amides is 2. The van der Waals surface area contributed by atoms with Crippen molar-refractivity contribution < 1.29 is 44.7 Å². The Morgan fingerprint density at radius 1 is 0.953 bits per heavy atom. The van der Waals surface area contributed by atoms with E-state index >= 15 is 0 Å². The first kappa shape index (κ1) is 33.2. The second-order valence-electron chi connectivity index (χ2n) is 9.07. The highest BCUT2D eigenvalue weighted by Gasteiger charge is 2.30. The molecule has 2 amide bonds. The fourth-order valence-electron chi connectivity index (χ4n) is 3.99. The first-order chi connectivity index (χ1) is 20.3. The summed E-state index contributed by atoms with van der Waals surface area (Å²) in [6, 6.07) is 15.7. The van der Waals surface area contributed by atoms with E-state index in [9.17, 15) is 45.2 Å². The minimum absolute atomic E-state index is 0.0900. The van der Waals surface area contributed by atoms with E-state index in [1.807, 2.05) is 6.07 Å². The first-order valence-corrected chi connectivity index (χ1v) is 14.4. The van der Waals surface area contributed by atoms with Crippen LogP contribution in [-0.2, 0) is 20.8 Å². The Kier molecular flexibility index (Phi) is 11.0. The average Bonchev–Trinajstić information content (AvgIpc) is 2.98. The molecule has 0 aliphatic rings. The van der Waals surface area contributed by atoms with Gasteiger partial charge in [-0.2, -0.15) is 27.2 Å². The summed E-state index contributed by atoms with van der Waals surface area (Å²) in [4.78, 5) is 27.2. The molecule has 0 heterocycles. The number of nitrogens with zero attached hydrogens (tertiary/aromatic N) is 2. The maximum Gasteiger partial charge on any atom is 0.416 e. The monoisotopic (exact) mass is 623 g/mol. The average molecular weight is 624 g/mol. The van der Waals surface area contributed by atoms with E-state index in [0.29, 0.717) is 5.56 Å². The van der Waals surface area contributed by atoms with Crippen LogP contribution in [0.3, 0.4) is 0 Å². The van der Waals surface area contributed by atoms with Crippen molar-refractivity contribution in [1.29, 1.82) is 5.26 Å². The van der Waals surface area contributed by atoms with Crippen LogP contribution in [-0.4, -0.2) is 45.7 Å². The van der Waals surface area contributed by atoms with Crippen molar-refractivity contribution >= 4 is 27.3 Å². The molecule has 0 bridgehead atoms. The number of anilines is 1. The standard InChI is InChI=1S/C29H26F5N3O5S/c1-2-43(40,41)24-13-7-19(8-14-24)25(15-16-35)36-26(38)20-5-11-23(12-6-20)37(17-18-42-28(30)31)27(39)21-3-9-22(10-4-21)29(32,33)34/h3-14,25,28H,2,15,17-18H2,1H3,(H,36,38)/t25-/m0/s1. The summed E-state index contributed by atoms with van der Waals surface area (Å²) in [5.41, 5.74) is -0.343. The number of alkyl halides is 5. The van der Waals surface area contributed by atoms with Gasteiger partial charge >= 0.3 is 12.8 Å². The number of rotatable bonds is 12. The molecule has 0 aromatic heterocycles. The lowest BCUT2D eigenvalue weighted by atomic mass is 10.0. The van der Waals surface area contributed by atoms with Gasteiger partial charge in [0.15, 0.2) is 9.84 Å². The topological polar surface area (TPSA) is 117 Å². The molecule has 43 heavy (non-hydrogen) atoms. The Morgan fingerprint density at radius 2 is 1.53 bits per heavy atom. The van der Waals surface area contributed by atoms with Gasteiger partial charge in [-0.3, -0.25) is 9.59 Å². The summed E-state index contributed by atoms with van der Waals surface area (Å²) in [5.74, 6) is -1.47. The quantitative estimate of drug-likeness (QED) is 0.256. The molecule has 228 valence electrons. The summed E-state index contributed by atoms with van der Waals surface area (Å²) in [6.07, 6.45) is -4.74. The van der Waals surface area contributed by atoms with Crippen LogP contribution >= 0.6 is 0 Å². The first-order valence-electron chi connectivity index (χ1n) is 12.8. The summed E-state index contributed by atoms with van der Waals surface area (Å²) in [5, 5.41) is 12.0. The second-order valence-corrected chi connectivity index (χ2v) is 11.3. The highest BCUT2D eigenvalue weighted by atomic mass is 32.2. The number of hydrogen-bond donors (Lipinski definition) is 1. The van der Waals surface area contributed by atoms with Crippen molar-refractivity contribution in [3.63, 3.8) is 0 Å². The number of benzene rings is 3. The lowest BCUT2D eigenvalue weighted by Crippen LogP contribution is -2.34. The molecule has 14 heteroatoms. The van der Waals surface area contributed by atoms with Gasteiger partial charge in [-0.1, -0.05) is 19.1 Å². The van der Waals surface area contributed by atoms with Gasteiger partial charge in [-0.25, -0.2) is 8.42 Å². The van der Waals surface area contributed by atoms with E-state index < -0.39 is 52.7 Å². The Hall–Kier alpha value is -4.35. The molecule has 0 radical (unpaired) electrons. The van der Waals surface area contributed by atoms with Crippen LogP contribution < -0.4 is 10.2 Å². The Bertz CT molecular complexity index is 1550. The fraction of sp³-hybridized carbons (Fsp3) is 0.276. The minimum Gasteiger partial charge on any atom is -0.344 e. The zero-order valence-electron chi connectivity index (χ0n) is 22.6. The number of halogens is 5. The highest BCUT2D eigenvalue weighted by molar-refractivity contribution is 7.91. The molecule has 0 aliphatic heterocycles. The molecule has 3 rings (SSSR count). The van der Waals surface area contributed by atoms with Crippen molar-refractivity contribution in [2.45, 2.75) is 37.1 Å². The molecule has 0 fully saturated rings. The molecule has 8 nitrogen and oxygen atoms in total. The third-order valence-corrected chi connectivity index (χ3v) is 8.08.